The molecule has 0 spiro atoms. The van der Waals surface area contributed by atoms with Gasteiger partial charge < -0.3 is 19.5 Å². The molecule has 1 aliphatic heterocycles. The third-order valence-corrected chi connectivity index (χ3v) is 5.14. The van der Waals surface area contributed by atoms with E-state index in [4.69, 9.17) is 9.26 Å². The number of benzene rings is 2. The van der Waals surface area contributed by atoms with Gasteiger partial charge in [-0.15, -0.1) is 0 Å². The van der Waals surface area contributed by atoms with E-state index in [0.29, 0.717) is 36.9 Å². The first-order chi connectivity index (χ1) is 14.5. The van der Waals surface area contributed by atoms with Crippen LogP contribution in [0.3, 0.4) is 0 Å². The Morgan fingerprint density at radius 2 is 1.80 bits per heavy atom. The van der Waals surface area contributed by atoms with Crippen molar-refractivity contribution in [3.63, 3.8) is 0 Å². The van der Waals surface area contributed by atoms with E-state index in [1.54, 1.807) is 0 Å². The van der Waals surface area contributed by atoms with Gasteiger partial charge in [0.1, 0.15) is 0 Å². The fourth-order valence-corrected chi connectivity index (χ4v) is 3.69. The number of nitrogens with zero attached hydrogens (tertiary/aromatic N) is 3. The molecule has 0 saturated carbocycles. The fraction of sp³-hybridized carbons (Fsp3) is 0.348. The topological polar surface area (TPSA) is 80.5 Å². The SMILES string of the molecule is Cc1ccccc1-c1noc(CNc2ccc(C(=O)N3C[C@H](C)O[C@@H](C)C3)cc2)n1. The van der Waals surface area contributed by atoms with Gasteiger partial charge in [-0.2, -0.15) is 4.98 Å². The van der Waals surface area contributed by atoms with Crippen LogP contribution in [0.5, 0.6) is 0 Å². The first kappa shape index (κ1) is 20.1. The molecule has 7 heteroatoms. The molecular formula is C23H26N4O3. The van der Waals surface area contributed by atoms with Gasteiger partial charge in [0, 0.05) is 29.9 Å². The Balaban J connectivity index is 1.36. The maximum absolute atomic E-state index is 12.8. The number of amides is 1. The summed E-state index contributed by atoms with van der Waals surface area (Å²) in [6.07, 6.45) is 0.107. The van der Waals surface area contributed by atoms with Crippen LogP contribution in [-0.2, 0) is 11.3 Å². The van der Waals surface area contributed by atoms with Crippen LogP contribution < -0.4 is 5.32 Å². The number of morpholine rings is 1. The molecule has 1 N–H and O–H groups in total. The predicted molar refractivity (Wildman–Crippen MR) is 114 cm³/mol. The van der Waals surface area contributed by atoms with Gasteiger partial charge in [-0.05, 0) is 50.6 Å². The van der Waals surface area contributed by atoms with E-state index in [-0.39, 0.29) is 18.1 Å². The highest BCUT2D eigenvalue weighted by molar-refractivity contribution is 5.94. The smallest absolute Gasteiger partial charge is 0.254 e. The van der Waals surface area contributed by atoms with Crippen LogP contribution in [-0.4, -0.2) is 46.2 Å². The van der Waals surface area contributed by atoms with E-state index in [1.807, 2.05) is 74.2 Å². The van der Waals surface area contributed by atoms with E-state index >= 15 is 0 Å². The summed E-state index contributed by atoms with van der Waals surface area (Å²) >= 11 is 0. The van der Waals surface area contributed by atoms with E-state index in [9.17, 15) is 4.79 Å². The van der Waals surface area contributed by atoms with Crippen LogP contribution in [0, 0.1) is 6.92 Å². The highest BCUT2D eigenvalue weighted by Crippen LogP contribution is 2.20. The Labute approximate surface area is 176 Å². The second-order valence-electron chi connectivity index (χ2n) is 7.73. The van der Waals surface area contributed by atoms with Gasteiger partial charge in [0.15, 0.2) is 0 Å². The minimum absolute atomic E-state index is 0.0309. The Hall–Kier alpha value is -3.19. The Morgan fingerprint density at radius 3 is 2.50 bits per heavy atom. The molecule has 2 heterocycles. The van der Waals surface area contributed by atoms with Gasteiger partial charge in [-0.1, -0.05) is 29.4 Å². The molecule has 0 aliphatic carbocycles. The molecule has 1 aromatic heterocycles. The largest absolute Gasteiger partial charge is 0.376 e. The third kappa shape index (κ3) is 4.52. The van der Waals surface area contributed by atoms with Crippen molar-refractivity contribution in [1.82, 2.24) is 15.0 Å². The van der Waals surface area contributed by atoms with E-state index in [2.05, 4.69) is 15.5 Å². The summed E-state index contributed by atoms with van der Waals surface area (Å²) < 4.78 is 11.1. The van der Waals surface area contributed by atoms with Crippen molar-refractivity contribution >= 4 is 11.6 Å². The second-order valence-corrected chi connectivity index (χ2v) is 7.73. The number of anilines is 1. The molecule has 1 aliphatic rings. The minimum atomic E-state index is 0.0309. The van der Waals surface area contributed by atoms with E-state index in [1.165, 1.54) is 0 Å². The van der Waals surface area contributed by atoms with Crippen molar-refractivity contribution in [2.75, 3.05) is 18.4 Å². The van der Waals surface area contributed by atoms with E-state index < -0.39 is 0 Å². The molecule has 30 heavy (non-hydrogen) atoms. The first-order valence-electron chi connectivity index (χ1n) is 10.2. The second kappa shape index (κ2) is 8.67. The number of ether oxygens (including phenoxy) is 1. The summed E-state index contributed by atoms with van der Waals surface area (Å²) in [6, 6.07) is 15.4. The van der Waals surface area contributed by atoms with Crippen LogP contribution in [0.4, 0.5) is 5.69 Å². The van der Waals surface area contributed by atoms with Crippen LogP contribution in [0.25, 0.3) is 11.4 Å². The van der Waals surface area contributed by atoms with Gasteiger partial charge in [-0.3, -0.25) is 4.79 Å². The van der Waals surface area contributed by atoms with E-state index in [0.717, 1.165) is 16.8 Å². The standard InChI is InChI=1S/C23H26N4O3/c1-15-6-4-5-7-20(15)22-25-21(30-26-22)12-24-19-10-8-18(9-11-19)23(28)27-13-16(2)29-17(3)14-27/h4-11,16-17,24H,12-14H2,1-3H3/t16-,17-/m0/s1. The normalized spacial score (nSPS) is 19.0. The van der Waals surface area contributed by atoms with Crippen LogP contribution >= 0.6 is 0 Å². The fourth-order valence-electron chi connectivity index (χ4n) is 3.69. The zero-order chi connectivity index (χ0) is 21.1. The molecule has 3 aromatic rings. The first-order valence-corrected chi connectivity index (χ1v) is 10.2. The van der Waals surface area contributed by atoms with Crippen molar-refractivity contribution in [3.05, 3.63) is 65.5 Å². The lowest BCUT2D eigenvalue weighted by Gasteiger charge is -2.35. The van der Waals surface area contributed by atoms with Gasteiger partial charge in [0.05, 0.1) is 18.8 Å². The molecule has 1 saturated heterocycles. The molecule has 4 rings (SSSR count). The van der Waals surface area contributed by atoms with Crippen molar-refractivity contribution in [1.29, 1.82) is 0 Å². The number of aryl methyl sites for hydroxylation is 1. The van der Waals surface area contributed by atoms with Crippen molar-refractivity contribution in [2.45, 2.75) is 39.5 Å². The Morgan fingerprint density at radius 1 is 1.10 bits per heavy atom. The molecule has 7 nitrogen and oxygen atoms in total. The van der Waals surface area contributed by atoms with Gasteiger partial charge in [0.25, 0.3) is 5.91 Å². The number of rotatable bonds is 5. The van der Waals surface area contributed by atoms with Crippen LogP contribution in [0.15, 0.2) is 53.1 Å². The number of aromatic nitrogens is 2. The molecule has 2 atom stereocenters. The van der Waals surface area contributed by atoms with Crippen molar-refractivity contribution in [3.8, 4) is 11.4 Å². The number of nitrogens with one attached hydrogen (secondary N) is 1. The molecular weight excluding hydrogens is 380 g/mol. The third-order valence-electron chi connectivity index (χ3n) is 5.14. The summed E-state index contributed by atoms with van der Waals surface area (Å²) in [4.78, 5) is 19.1. The Bertz CT molecular complexity index is 1010. The zero-order valence-corrected chi connectivity index (χ0v) is 17.5. The maximum atomic E-state index is 12.8. The molecule has 0 radical (unpaired) electrons. The molecule has 0 bridgehead atoms. The highest BCUT2D eigenvalue weighted by Gasteiger charge is 2.26. The quantitative estimate of drug-likeness (QED) is 0.692. The monoisotopic (exact) mass is 406 g/mol. The molecule has 1 fully saturated rings. The zero-order valence-electron chi connectivity index (χ0n) is 17.5. The van der Waals surface area contributed by atoms with Gasteiger partial charge >= 0.3 is 0 Å². The summed E-state index contributed by atoms with van der Waals surface area (Å²) in [5.74, 6) is 1.12. The van der Waals surface area contributed by atoms with Gasteiger partial charge in [-0.25, -0.2) is 0 Å². The highest BCUT2D eigenvalue weighted by atomic mass is 16.5. The summed E-state index contributed by atoms with van der Waals surface area (Å²) in [5.41, 5.74) is 3.61. The number of carbonyl (C=O) groups is 1. The van der Waals surface area contributed by atoms with Crippen LogP contribution in [0.1, 0.15) is 35.7 Å². The maximum Gasteiger partial charge on any atom is 0.254 e. The number of carbonyl (C=O) groups excluding carboxylic acids is 1. The van der Waals surface area contributed by atoms with Crippen molar-refractivity contribution < 1.29 is 14.1 Å². The molecule has 1 amide bonds. The molecule has 156 valence electrons. The average Bonchev–Trinajstić information content (AvgIpc) is 3.20. The molecule has 2 aromatic carbocycles. The molecule has 0 unspecified atom stereocenters. The predicted octanol–water partition coefficient (Wildman–Crippen LogP) is 3.91. The lowest BCUT2D eigenvalue weighted by Crippen LogP contribution is -2.48. The average molecular weight is 406 g/mol. The van der Waals surface area contributed by atoms with Crippen LogP contribution in [0.2, 0.25) is 0 Å². The number of hydrogen-bond acceptors (Lipinski definition) is 6. The number of hydrogen-bond donors (Lipinski definition) is 1. The lowest BCUT2D eigenvalue weighted by molar-refractivity contribution is -0.0586. The minimum Gasteiger partial charge on any atom is -0.376 e. The van der Waals surface area contributed by atoms with Crippen molar-refractivity contribution in [2.24, 2.45) is 0 Å². The Kier molecular flexibility index (Phi) is 5.81. The lowest BCUT2D eigenvalue weighted by atomic mass is 10.1. The summed E-state index contributed by atoms with van der Waals surface area (Å²) in [6.45, 7) is 7.64. The summed E-state index contributed by atoms with van der Waals surface area (Å²) in [7, 11) is 0. The van der Waals surface area contributed by atoms with Gasteiger partial charge in [0.2, 0.25) is 11.7 Å². The summed E-state index contributed by atoms with van der Waals surface area (Å²) in [5, 5.41) is 7.33.